The van der Waals surface area contributed by atoms with Crippen LogP contribution in [0.3, 0.4) is 0 Å². The number of ether oxygens (including phenoxy) is 1. The van der Waals surface area contributed by atoms with Crippen LogP contribution in [0.25, 0.3) is 0 Å². The van der Waals surface area contributed by atoms with Crippen LogP contribution in [-0.4, -0.2) is 64.6 Å². The van der Waals surface area contributed by atoms with E-state index in [2.05, 4.69) is 14.9 Å². The van der Waals surface area contributed by atoms with E-state index in [4.69, 9.17) is 4.74 Å². The Hall–Kier alpha value is -1.40. The maximum absolute atomic E-state index is 13.3. The van der Waals surface area contributed by atoms with Gasteiger partial charge in [-0.25, -0.2) is 4.98 Å². The Balaban J connectivity index is 1.76. The van der Waals surface area contributed by atoms with Crippen molar-refractivity contribution in [1.29, 1.82) is 0 Å². The summed E-state index contributed by atoms with van der Waals surface area (Å²) in [6.45, 7) is 5.71. The van der Waals surface area contributed by atoms with Crippen molar-refractivity contribution in [1.82, 2.24) is 19.8 Å². The number of hydrogen-bond donors (Lipinski definition) is 1. The van der Waals surface area contributed by atoms with Crippen molar-refractivity contribution in [2.75, 3.05) is 33.4 Å². The van der Waals surface area contributed by atoms with E-state index in [9.17, 15) is 4.79 Å². The first-order valence-corrected chi connectivity index (χ1v) is 8.71. The molecule has 1 aromatic heterocycles. The Morgan fingerprint density at radius 2 is 2.04 bits per heavy atom. The van der Waals surface area contributed by atoms with Gasteiger partial charge >= 0.3 is 0 Å². The van der Waals surface area contributed by atoms with E-state index >= 15 is 0 Å². The van der Waals surface area contributed by atoms with Crippen molar-refractivity contribution in [3.8, 4) is 0 Å². The zero-order valence-electron chi connectivity index (χ0n) is 14.3. The number of morpholine rings is 1. The van der Waals surface area contributed by atoms with Crippen molar-refractivity contribution in [2.45, 2.75) is 51.1 Å². The first kappa shape index (κ1) is 16.5. The average molecular weight is 320 g/mol. The van der Waals surface area contributed by atoms with Gasteiger partial charge in [0.05, 0.1) is 19.8 Å². The van der Waals surface area contributed by atoms with Crippen LogP contribution in [0, 0.1) is 6.92 Å². The highest BCUT2D eigenvalue weighted by Crippen LogP contribution is 2.36. The number of rotatable bonds is 4. The molecule has 6 nitrogen and oxygen atoms in total. The molecule has 2 heterocycles. The van der Waals surface area contributed by atoms with Gasteiger partial charge in [0.1, 0.15) is 11.4 Å². The van der Waals surface area contributed by atoms with Crippen LogP contribution in [0.15, 0.2) is 6.20 Å². The van der Waals surface area contributed by atoms with E-state index in [1.807, 2.05) is 25.1 Å². The highest BCUT2D eigenvalue weighted by atomic mass is 16.5. The van der Waals surface area contributed by atoms with Gasteiger partial charge < -0.3 is 14.6 Å². The Bertz CT molecular complexity index is 530. The minimum absolute atomic E-state index is 0.244. The smallest absolute Gasteiger partial charge is 0.243 e. The summed E-state index contributed by atoms with van der Waals surface area (Å²) in [5, 5.41) is 0. The van der Waals surface area contributed by atoms with Crippen molar-refractivity contribution in [3.05, 3.63) is 17.7 Å². The lowest BCUT2D eigenvalue weighted by Gasteiger charge is -2.48. The summed E-state index contributed by atoms with van der Waals surface area (Å²) in [6.07, 6.45) is 7.25. The number of aromatic nitrogens is 2. The minimum atomic E-state index is -0.335. The molecule has 0 atom stereocenters. The second-order valence-corrected chi connectivity index (χ2v) is 6.87. The predicted octanol–water partition coefficient (Wildman–Crippen LogP) is 1.71. The molecule has 0 radical (unpaired) electrons. The summed E-state index contributed by atoms with van der Waals surface area (Å²) in [5.74, 6) is 1.10. The van der Waals surface area contributed by atoms with E-state index in [0.717, 1.165) is 63.5 Å². The van der Waals surface area contributed by atoms with E-state index in [1.165, 1.54) is 6.42 Å². The number of carbonyl (C=O) groups excluding carboxylic acids is 1. The normalized spacial score (nSPS) is 22.0. The first-order valence-electron chi connectivity index (χ1n) is 8.71. The predicted molar refractivity (Wildman–Crippen MR) is 88.0 cm³/mol. The van der Waals surface area contributed by atoms with Gasteiger partial charge in [-0.3, -0.25) is 9.69 Å². The fourth-order valence-corrected chi connectivity index (χ4v) is 3.99. The van der Waals surface area contributed by atoms with Crippen LogP contribution in [0.2, 0.25) is 0 Å². The zero-order chi connectivity index (χ0) is 16.3. The maximum Gasteiger partial charge on any atom is 0.243 e. The molecule has 2 fully saturated rings. The standard InChI is InChI=1S/C17H28N4O2/c1-14-12-18-15(19-14)13-20(2)16(22)17(6-4-3-5-7-17)21-8-10-23-11-9-21/h12H,3-11,13H2,1-2H3,(H,18,19). The number of amides is 1. The topological polar surface area (TPSA) is 61.5 Å². The number of likely N-dealkylation sites (N-methyl/N-ethyl adjacent to an activating group) is 1. The largest absolute Gasteiger partial charge is 0.379 e. The zero-order valence-corrected chi connectivity index (χ0v) is 14.3. The Kier molecular flexibility index (Phi) is 5.02. The minimum Gasteiger partial charge on any atom is -0.379 e. The van der Waals surface area contributed by atoms with Crippen molar-refractivity contribution in [2.24, 2.45) is 0 Å². The summed E-state index contributed by atoms with van der Waals surface area (Å²) in [5.41, 5.74) is 0.694. The molecule has 0 aromatic carbocycles. The van der Waals surface area contributed by atoms with Gasteiger partial charge in [-0.1, -0.05) is 19.3 Å². The van der Waals surface area contributed by atoms with Crippen LogP contribution >= 0.6 is 0 Å². The third kappa shape index (κ3) is 3.43. The van der Waals surface area contributed by atoms with Gasteiger partial charge in [-0.2, -0.15) is 0 Å². The fraction of sp³-hybridized carbons (Fsp3) is 0.765. The number of nitrogens with zero attached hydrogens (tertiary/aromatic N) is 3. The first-order chi connectivity index (χ1) is 11.1. The van der Waals surface area contributed by atoms with Crippen LogP contribution in [0.4, 0.5) is 0 Å². The molecule has 0 spiro atoms. The monoisotopic (exact) mass is 320 g/mol. The number of imidazole rings is 1. The van der Waals surface area contributed by atoms with Gasteiger partial charge in [0, 0.05) is 32.0 Å². The number of H-pyrrole nitrogens is 1. The van der Waals surface area contributed by atoms with E-state index < -0.39 is 0 Å². The Labute approximate surface area is 138 Å². The van der Waals surface area contributed by atoms with E-state index in [-0.39, 0.29) is 11.4 Å². The van der Waals surface area contributed by atoms with E-state index in [1.54, 1.807) is 0 Å². The number of carbonyl (C=O) groups is 1. The molecule has 1 saturated heterocycles. The number of aryl methyl sites for hydroxylation is 1. The van der Waals surface area contributed by atoms with Gasteiger partial charge in [0.15, 0.2) is 0 Å². The quantitative estimate of drug-likeness (QED) is 0.917. The molecule has 1 amide bonds. The van der Waals surface area contributed by atoms with Crippen LogP contribution in [0.1, 0.15) is 43.6 Å². The molecule has 1 aliphatic carbocycles. The molecule has 1 aliphatic heterocycles. The van der Waals surface area contributed by atoms with Crippen LogP contribution in [0.5, 0.6) is 0 Å². The number of aromatic amines is 1. The lowest BCUT2D eigenvalue weighted by Crippen LogP contribution is -2.62. The number of nitrogens with one attached hydrogen (secondary N) is 1. The van der Waals surface area contributed by atoms with Gasteiger partial charge in [-0.05, 0) is 19.8 Å². The Morgan fingerprint density at radius 1 is 1.35 bits per heavy atom. The molecule has 1 saturated carbocycles. The second-order valence-electron chi connectivity index (χ2n) is 6.87. The number of hydrogen-bond acceptors (Lipinski definition) is 4. The summed E-state index contributed by atoms with van der Waals surface area (Å²) in [7, 11) is 1.90. The van der Waals surface area contributed by atoms with Crippen LogP contribution < -0.4 is 0 Å². The highest BCUT2D eigenvalue weighted by molar-refractivity contribution is 5.86. The molecule has 0 bridgehead atoms. The average Bonchev–Trinajstić information content (AvgIpc) is 3.00. The third-order valence-electron chi connectivity index (χ3n) is 5.18. The lowest BCUT2D eigenvalue weighted by molar-refractivity contribution is -0.150. The fourth-order valence-electron chi connectivity index (χ4n) is 3.99. The van der Waals surface area contributed by atoms with Gasteiger partial charge in [0.2, 0.25) is 5.91 Å². The SMILES string of the molecule is Cc1cnc(CN(C)C(=O)C2(N3CCOCC3)CCCCC2)[nH]1. The molecule has 128 valence electrons. The van der Waals surface area contributed by atoms with Crippen LogP contribution in [-0.2, 0) is 16.1 Å². The summed E-state index contributed by atoms with van der Waals surface area (Å²) in [6, 6.07) is 0. The molecule has 1 aromatic rings. The molecular weight excluding hydrogens is 292 g/mol. The van der Waals surface area contributed by atoms with Crippen molar-refractivity contribution >= 4 is 5.91 Å². The molecule has 23 heavy (non-hydrogen) atoms. The van der Waals surface area contributed by atoms with E-state index in [0.29, 0.717) is 6.54 Å². The van der Waals surface area contributed by atoms with Gasteiger partial charge in [0.25, 0.3) is 0 Å². The Morgan fingerprint density at radius 3 is 2.65 bits per heavy atom. The highest BCUT2D eigenvalue weighted by Gasteiger charge is 2.46. The molecule has 0 unspecified atom stereocenters. The maximum atomic E-state index is 13.3. The summed E-state index contributed by atoms with van der Waals surface area (Å²) >= 11 is 0. The molecule has 1 N–H and O–H groups in total. The van der Waals surface area contributed by atoms with Crippen molar-refractivity contribution < 1.29 is 9.53 Å². The second kappa shape index (κ2) is 7.01. The van der Waals surface area contributed by atoms with Crippen molar-refractivity contribution in [3.63, 3.8) is 0 Å². The summed E-state index contributed by atoms with van der Waals surface area (Å²) < 4.78 is 5.49. The lowest BCUT2D eigenvalue weighted by atomic mass is 9.78. The molecule has 3 rings (SSSR count). The summed E-state index contributed by atoms with van der Waals surface area (Å²) in [4.78, 5) is 25.1. The third-order valence-corrected chi connectivity index (χ3v) is 5.18. The molecule has 6 heteroatoms. The van der Waals surface area contributed by atoms with Gasteiger partial charge in [-0.15, -0.1) is 0 Å². The molecular formula is C17H28N4O2. The molecule has 2 aliphatic rings.